The molecule has 2 aliphatic heterocycles. The van der Waals surface area contributed by atoms with Crippen molar-refractivity contribution < 1.29 is 13.3 Å². The molecule has 2 aliphatic rings. The maximum Gasteiger partial charge on any atom is 0.269 e. The summed E-state index contributed by atoms with van der Waals surface area (Å²) < 4.78 is 23.3. The lowest BCUT2D eigenvalue weighted by Gasteiger charge is -2.23. The van der Waals surface area contributed by atoms with Crippen molar-refractivity contribution in [2.24, 2.45) is 0 Å². The molecule has 0 unspecified atom stereocenters. The van der Waals surface area contributed by atoms with E-state index in [0.29, 0.717) is 10.8 Å². The second-order valence-electron chi connectivity index (χ2n) is 4.84. The number of hydrogen-bond donors (Lipinski definition) is 1. The third-order valence-electron chi connectivity index (χ3n) is 3.52. The van der Waals surface area contributed by atoms with E-state index in [2.05, 4.69) is 5.32 Å². The standard InChI is InChI=1S/C11H11N3O4S2/c15-14(16)8-3-1-7(2-4-8)13-10-6-20(17,18)5-9(10)12-11(13)19/h1-4,9-10H,5-6H2,(H,12,19)/t9-,10+/m0/s1. The van der Waals surface area contributed by atoms with Gasteiger partial charge in [-0.3, -0.25) is 10.1 Å². The highest BCUT2D eigenvalue weighted by atomic mass is 32.2. The maximum atomic E-state index is 11.7. The van der Waals surface area contributed by atoms with Gasteiger partial charge in [-0.1, -0.05) is 0 Å². The molecule has 0 aromatic heterocycles. The summed E-state index contributed by atoms with van der Waals surface area (Å²) in [5.74, 6) is 0.114. The van der Waals surface area contributed by atoms with Crippen molar-refractivity contribution in [2.45, 2.75) is 12.1 Å². The van der Waals surface area contributed by atoms with E-state index in [1.54, 1.807) is 17.0 Å². The molecule has 2 saturated heterocycles. The Morgan fingerprint density at radius 2 is 1.95 bits per heavy atom. The summed E-state index contributed by atoms with van der Waals surface area (Å²) >= 11 is 5.22. The number of nitro groups is 1. The monoisotopic (exact) mass is 313 g/mol. The lowest BCUT2D eigenvalue weighted by molar-refractivity contribution is -0.384. The van der Waals surface area contributed by atoms with E-state index in [1.807, 2.05) is 0 Å². The van der Waals surface area contributed by atoms with Crippen LogP contribution in [0.1, 0.15) is 0 Å². The number of hydrogen-bond acceptors (Lipinski definition) is 5. The fraction of sp³-hybridized carbons (Fsp3) is 0.364. The summed E-state index contributed by atoms with van der Waals surface area (Å²) in [6, 6.07) is 5.49. The minimum atomic E-state index is -3.06. The first-order chi connectivity index (χ1) is 9.37. The van der Waals surface area contributed by atoms with Crippen LogP contribution in [0, 0.1) is 10.1 Å². The van der Waals surface area contributed by atoms with E-state index in [1.165, 1.54) is 12.1 Å². The van der Waals surface area contributed by atoms with Crippen LogP contribution in [0.2, 0.25) is 0 Å². The van der Waals surface area contributed by atoms with Gasteiger partial charge in [-0.05, 0) is 24.4 Å². The molecule has 7 nitrogen and oxygen atoms in total. The van der Waals surface area contributed by atoms with E-state index in [-0.39, 0.29) is 29.3 Å². The highest BCUT2D eigenvalue weighted by Gasteiger charge is 2.47. The van der Waals surface area contributed by atoms with Crippen LogP contribution in [-0.4, -0.2) is 42.0 Å². The second-order valence-corrected chi connectivity index (χ2v) is 7.38. The molecule has 2 atom stereocenters. The third-order valence-corrected chi connectivity index (χ3v) is 5.55. The fourth-order valence-corrected chi connectivity index (χ4v) is 4.93. The Bertz CT molecular complexity index is 686. The van der Waals surface area contributed by atoms with Crippen molar-refractivity contribution in [1.82, 2.24) is 5.32 Å². The van der Waals surface area contributed by atoms with Crippen LogP contribution >= 0.6 is 12.2 Å². The molecule has 0 aliphatic carbocycles. The number of thiocarbonyl (C=S) groups is 1. The lowest BCUT2D eigenvalue weighted by Crippen LogP contribution is -2.36. The van der Waals surface area contributed by atoms with E-state index < -0.39 is 14.8 Å². The van der Waals surface area contributed by atoms with Crippen molar-refractivity contribution in [1.29, 1.82) is 0 Å². The second kappa shape index (κ2) is 4.38. The first-order valence-electron chi connectivity index (χ1n) is 5.92. The van der Waals surface area contributed by atoms with Crippen LogP contribution < -0.4 is 10.2 Å². The topological polar surface area (TPSA) is 92.6 Å². The molecule has 1 aromatic carbocycles. The highest BCUT2D eigenvalue weighted by Crippen LogP contribution is 2.30. The molecule has 2 fully saturated rings. The number of nitrogens with zero attached hydrogens (tertiary/aromatic N) is 2. The van der Waals surface area contributed by atoms with Crippen LogP contribution in [0.25, 0.3) is 0 Å². The van der Waals surface area contributed by atoms with E-state index >= 15 is 0 Å². The van der Waals surface area contributed by atoms with Gasteiger partial charge in [0.1, 0.15) is 0 Å². The lowest BCUT2D eigenvalue weighted by atomic mass is 10.1. The molecule has 3 rings (SSSR count). The van der Waals surface area contributed by atoms with Gasteiger partial charge in [0.15, 0.2) is 14.9 Å². The number of fused-ring (bicyclic) bond motifs is 1. The number of non-ortho nitro benzene ring substituents is 1. The first-order valence-corrected chi connectivity index (χ1v) is 8.15. The normalized spacial score (nSPS) is 27.2. The third kappa shape index (κ3) is 2.12. The molecule has 0 radical (unpaired) electrons. The summed E-state index contributed by atoms with van der Waals surface area (Å²) in [7, 11) is -3.06. The smallest absolute Gasteiger partial charge is 0.269 e. The minimum absolute atomic E-state index is 0.0117. The van der Waals surface area contributed by atoms with Gasteiger partial charge in [-0.2, -0.15) is 0 Å². The molecule has 0 bridgehead atoms. The van der Waals surface area contributed by atoms with Crippen molar-refractivity contribution in [3.8, 4) is 0 Å². The zero-order valence-electron chi connectivity index (χ0n) is 10.2. The van der Waals surface area contributed by atoms with Crippen molar-refractivity contribution >= 4 is 38.5 Å². The SMILES string of the molecule is O=[N+]([O-])c1ccc(N2C(=S)N[C@H]3CS(=O)(=O)C[C@H]32)cc1. The minimum Gasteiger partial charge on any atom is -0.356 e. The zero-order valence-corrected chi connectivity index (χ0v) is 11.9. The van der Waals surface area contributed by atoms with Crippen molar-refractivity contribution in [3.63, 3.8) is 0 Å². The largest absolute Gasteiger partial charge is 0.356 e. The van der Waals surface area contributed by atoms with E-state index in [9.17, 15) is 18.5 Å². The van der Waals surface area contributed by atoms with Crippen LogP contribution in [0.4, 0.5) is 11.4 Å². The summed E-state index contributed by atoms with van der Waals surface area (Å²) in [5.41, 5.74) is 0.653. The van der Waals surface area contributed by atoms with Gasteiger partial charge >= 0.3 is 0 Å². The molecule has 0 saturated carbocycles. The summed E-state index contributed by atoms with van der Waals surface area (Å²) in [6.45, 7) is 0. The predicted octanol–water partition coefficient (Wildman–Crippen LogP) is 0.455. The molecule has 0 amide bonds. The molecule has 1 N–H and O–H groups in total. The van der Waals surface area contributed by atoms with Crippen LogP contribution in [-0.2, 0) is 9.84 Å². The summed E-state index contributed by atoms with van der Waals surface area (Å²) in [4.78, 5) is 11.9. The van der Waals surface area contributed by atoms with Crippen LogP contribution in [0.3, 0.4) is 0 Å². The molecule has 9 heteroatoms. The molecule has 20 heavy (non-hydrogen) atoms. The molecular formula is C11H11N3O4S2. The fourth-order valence-electron chi connectivity index (χ4n) is 2.64. The summed E-state index contributed by atoms with van der Waals surface area (Å²) in [6.07, 6.45) is 0. The number of rotatable bonds is 2. The Labute approximate surface area is 120 Å². The number of nitrogens with one attached hydrogen (secondary N) is 1. The quantitative estimate of drug-likeness (QED) is 0.481. The highest BCUT2D eigenvalue weighted by molar-refractivity contribution is 7.91. The average molecular weight is 313 g/mol. The Hall–Kier alpha value is -1.74. The maximum absolute atomic E-state index is 11.7. The van der Waals surface area contributed by atoms with Gasteiger partial charge in [-0.25, -0.2) is 8.42 Å². The zero-order chi connectivity index (χ0) is 14.5. The van der Waals surface area contributed by atoms with Gasteiger partial charge in [0.05, 0.1) is 28.5 Å². The van der Waals surface area contributed by atoms with Gasteiger partial charge in [0.25, 0.3) is 5.69 Å². The van der Waals surface area contributed by atoms with Crippen molar-refractivity contribution in [3.05, 3.63) is 34.4 Å². The van der Waals surface area contributed by atoms with Crippen LogP contribution in [0.15, 0.2) is 24.3 Å². The predicted molar refractivity (Wildman–Crippen MR) is 77.5 cm³/mol. The number of sulfone groups is 1. The van der Waals surface area contributed by atoms with E-state index in [4.69, 9.17) is 12.2 Å². The van der Waals surface area contributed by atoms with Gasteiger partial charge in [0, 0.05) is 17.8 Å². The Morgan fingerprint density at radius 3 is 2.55 bits per heavy atom. The van der Waals surface area contributed by atoms with Crippen LogP contribution in [0.5, 0.6) is 0 Å². The summed E-state index contributed by atoms with van der Waals surface area (Å²) in [5, 5.41) is 14.1. The first kappa shape index (κ1) is 13.3. The van der Waals surface area contributed by atoms with Crippen molar-refractivity contribution in [2.75, 3.05) is 16.4 Å². The Balaban J connectivity index is 1.93. The van der Waals surface area contributed by atoms with Gasteiger partial charge < -0.3 is 10.2 Å². The molecule has 106 valence electrons. The van der Waals surface area contributed by atoms with Gasteiger partial charge in [-0.15, -0.1) is 0 Å². The molecule has 2 heterocycles. The van der Waals surface area contributed by atoms with Gasteiger partial charge in [0.2, 0.25) is 0 Å². The number of benzene rings is 1. The molecular weight excluding hydrogens is 302 g/mol. The molecule has 1 aromatic rings. The van der Waals surface area contributed by atoms with E-state index in [0.717, 1.165) is 0 Å². The Morgan fingerprint density at radius 1 is 1.30 bits per heavy atom. The number of nitro benzene ring substituents is 1. The number of anilines is 1. The molecule has 0 spiro atoms. The average Bonchev–Trinajstić information content (AvgIpc) is 2.79. The Kier molecular flexibility index (Phi) is 2.91.